The lowest BCUT2D eigenvalue weighted by Crippen LogP contribution is -2.21. The van der Waals surface area contributed by atoms with Gasteiger partial charge in [-0.25, -0.2) is 0 Å². The summed E-state index contributed by atoms with van der Waals surface area (Å²) in [6.45, 7) is 2.25. The Bertz CT molecular complexity index is 912. The maximum Gasteiger partial charge on any atom is 0.258 e. The molecule has 0 radical (unpaired) electrons. The van der Waals surface area contributed by atoms with E-state index in [1.54, 1.807) is 0 Å². The quantitative estimate of drug-likeness (QED) is 0.512. The van der Waals surface area contributed by atoms with Gasteiger partial charge in [-0.15, -0.1) is 0 Å². The van der Waals surface area contributed by atoms with Gasteiger partial charge in [-0.3, -0.25) is 4.57 Å². The van der Waals surface area contributed by atoms with Crippen molar-refractivity contribution in [2.24, 2.45) is 0 Å². The monoisotopic (exact) mass is 394 g/mol. The van der Waals surface area contributed by atoms with E-state index < -0.39 is 13.2 Å². The molecule has 0 heterocycles. The van der Waals surface area contributed by atoms with Crippen LogP contribution in [-0.4, -0.2) is 20.7 Å². The fraction of sp³-hybridized carbons (Fsp3) is 0.217. The maximum atomic E-state index is 14.3. The molecule has 0 amide bonds. The molecule has 0 fully saturated rings. The number of anilines is 2. The molecule has 4 nitrogen and oxygen atoms in total. The first-order valence-corrected chi connectivity index (χ1v) is 11.1. The minimum atomic E-state index is -3.25. The van der Waals surface area contributed by atoms with Crippen molar-refractivity contribution < 1.29 is 9.09 Å². The molecule has 3 aromatic carbocycles. The smallest absolute Gasteiger partial charge is 0.258 e. The van der Waals surface area contributed by atoms with Crippen LogP contribution in [0.5, 0.6) is 0 Å². The second kappa shape index (κ2) is 9.09. The minimum absolute atomic E-state index is 0.368. The van der Waals surface area contributed by atoms with Crippen LogP contribution in [0.4, 0.5) is 11.4 Å². The highest BCUT2D eigenvalue weighted by molar-refractivity contribution is 7.67. The van der Waals surface area contributed by atoms with Gasteiger partial charge in [0.15, 0.2) is 0 Å². The van der Waals surface area contributed by atoms with Crippen LogP contribution < -0.4 is 15.5 Å². The average Bonchev–Trinajstić information content (AvgIpc) is 2.73. The topological polar surface area (TPSA) is 41.6 Å². The zero-order valence-electron chi connectivity index (χ0n) is 16.6. The molecule has 0 aromatic heterocycles. The summed E-state index contributed by atoms with van der Waals surface area (Å²) in [5.74, 6) is -0.485. The first kappa shape index (κ1) is 20.2. The second-order valence-corrected chi connectivity index (χ2v) is 9.23. The Labute approximate surface area is 167 Å². The van der Waals surface area contributed by atoms with Crippen molar-refractivity contribution >= 4 is 24.0 Å². The van der Waals surface area contributed by atoms with Gasteiger partial charge in [-0.2, -0.15) is 0 Å². The van der Waals surface area contributed by atoms with Crippen molar-refractivity contribution in [2.45, 2.75) is 12.7 Å². The average molecular weight is 394 g/mol. The summed E-state index contributed by atoms with van der Waals surface area (Å²) in [7, 11) is 0.725. The molecule has 2 atom stereocenters. The third-order valence-corrected chi connectivity index (χ3v) is 7.35. The maximum absolute atomic E-state index is 14.3. The summed E-state index contributed by atoms with van der Waals surface area (Å²) >= 11 is 0. The van der Waals surface area contributed by atoms with E-state index in [1.807, 2.05) is 111 Å². The van der Waals surface area contributed by atoms with Crippen molar-refractivity contribution in [3.63, 3.8) is 0 Å². The van der Waals surface area contributed by atoms with Crippen LogP contribution in [0.3, 0.4) is 0 Å². The van der Waals surface area contributed by atoms with Crippen LogP contribution in [0.2, 0.25) is 0 Å². The van der Waals surface area contributed by atoms with Gasteiger partial charge in [0.05, 0.1) is 6.61 Å². The molecule has 0 bridgehead atoms. The van der Waals surface area contributed by atoms with E-state index in [2.05, 4.69) is 5.32 Å². The lowest BCUT2D eigenvalue weighted by molar-refractivity contribution is 0.335. The van der Waals surface area contributed by atoms with Crippen LogP contribution in [0.25, 0.3) is 0 Å². The van der Waals surface area contributed by atoms with Crippen LogP contribution in [0.1, 0.15) is 18.3 Å². The zero-order valence-corrected chi connectivity index (χ0v) is 17.5. The molecule has 0 unspecified atom stereocenters. The molecular formula is C23H27N2O2P. The highest BCUT2D eigenvalue weighted by Crippen LogP contribution is 2.59. The SMILES string of the molecule is CCO[P@](=O)(c1ccc(N(C)C)cc1)[C@H](Nc1ccccc1)c1ccccc1. The standard InChI is InChI=1S/C23H27N2O2P/c1-4-27-28(26,22-17-15-21(16-18-22)25(2)3)23(19-11-7-5-8-12-19)24-20-13-9-6-10-14-20/h5-18,23-24H,4H2,1-3H3/t23-,28+/m0/s1. The van der Waals surface area contributed by atoms with Crippen LogP contribution in [-0.2, 0) is 9.09 Å². The third kappa shape index (κ3) is 4.46. The zero-order chi connectivity index (χ0) is 20.0. The first-order chi connectivity index (χ1) is 13.5. The Hall–Kier alpha value is -2.55. The summed E-state index contributed by atoms with van der Waals surface area (Å²) in [4.78, 5) is 2.02. The van der Waals surface area contributed by atoms with Crippen molar-refractivity contribution in [2.75, 3.05) is 30.9 Å². The fourth-order valence-corrected chi connectivity index (χ4v) is 5.57. The second-order valence-electron chi connectivity index (χ2n) is 6.75. The highest BCUT2D eigenvalue weighted by Gasteiger charge is 2.37. The first-order valence-electron chi connectivity index (χ1n) is 9.43. The summed E-state index contributed by atoms with van der Waals surface area (Å²) in [6.07, 6.45) is 0. The number of para-hydroxylation sites is 1. The predicted molar refractivity (Wildman–Crippen MR) is 119 cm³/mol. The molecule has 0 saturated carbocycles. The molecule has 28 heavy (non-hydrogen) atoms. The molecule has 146 valence electrons. The number of nitrogens with zero attached hydrogens (tertiary/aromatic N) is 1. The van der Waals surface area contributed by atoms with E-state index >= 15 is 0 Å². The third-order valence-electron chi connectivity index (χ3n) is 4.58. The molecule has 0 aliphatic heterocycles. The van der Waals surface area contributed by atoms with Gasteiger partial charge in [0, 0.05) is 30.8 Å². The lowest BCUT2D eigenvalue weighted by atomic mass is 10.2. The van der Waals surface area contributed by atoms with Crippen molar-refractivity contribution in [3.8, 4) is 0 Å². The number of hydrogen-bond donors (Lipinski definition) is 1. The van der Waals surface area contributed by atoms with Crippen molar-refractivity contribution in [1.82, 2.24) is 0 Å². The normalized spacial score (nSPS) is 14.1. The Morgan fingerprint density at radius 2 is 1.46 bits per heavy atom. The Morgan fingerprint density at radius 3 is 2.00 bits per heavy atom. The van der Waals surface area contributed by atoms with E-state index in [-0.39, 0.29) is 0 Å². The van der Waals surface area contributed by atoms with Crippen LogP contribution >= 0.6 is 7.37 Å². The van der Waals surface area contributed by atoms with Gasteiger partial charge in [0.25, 0.3) is 7.37 Å². The summed E-state index contributed by atoms with van der Waals surface area (Å²) in [5.41, 5.74) is 2.89. The number of hydrogen-bond acceptors (Lipinski definition) is 4. The van der Waals surface area contributed by atoms with Crippen molar-refractivity contribution in [3.05, 3.63) is 90.5 Å². The van der Waals surface area contributed by atoms with Gasteiger partial charge in [0.1, 0.15) is 5.78 Å². The van der Waals surface area contributed by atoms with E-state index in [0.717, 1.165) is 16.9 Å². The van der Waals surface area contributed by atoms with E-state index in [4.69, 9.17) is 4.52 Å². The van der Waals surface area contributed by atoms with Gasteiger partial charge < -0.3 is 14.7 Å². The number of benzene rings is 3. The summed E-state index contributed by atoms with van der Waals surface area (Å²) in [6, 6.07) is 27.5. The fourth-order valence-electron chi connectivity index (χ4n) is 3.14. The molecule has 5 heteroatoms. The Balaban J connectivity index is 2.08. The minimum Gasteiger partial charge on any atom is -0.378 e. The molecule has 0 aliphatic carbocycles. The molecular weight excluding hydrogens is 367 g/mol. The molecule has 0 saturated heterocycles. The summed E-state index contributed by atoms with van der Waals surface area (Å²) in [5, 5.41) is 4.16. The van der Waals surface area contributed by atoms with Gasteiger partial charge in [-0.1, -0.05) is 48.5 Å². The number of nitrogens with one attached hydrogen (secondary N) is 1. The molecule has 3 rings (SSSR count). The van der Waals surface area contributed by atoms with Gasteiger partial charge in [0.2, 0.25) is 0 Å². The summed E-state index contributed by atoms with van der Waals surface area (Å²) < 4.78 is 20.3. The molecule has 0 spiro atoms. The van der Waals surface area contributed by atoms with Crippen LogP contribution in [0, 0.1) is 0 Å². The van der Waals surface area contributed by atoms with Gasteiger partial charge in [-0.05, 0) is 48.9 Å². The molecule has 0 aliphatic rings. The van der Waals surface area contributed by atoms with E-state index in [0.29, 0.717) is 11.9 Å². The van der Waals surface area contributed by atoms with E-state index in [1.165, 1.54) is 0 Å². The lowest BCUT2D eigenvalue weighted by Gasteiger charge is -2.30. The van der Waals surface area contributed by atoms with Gasteiger partial charge >= 0.3 is 0 Å². The Morgan fingerprint density at radius 1 is 0.893 bits per heavy atom. The van der Waals surface area contributed by atoms with E-state index in [9.17, 15) is 4.57 Å². The Kier molecular flexibility index (Phi) is 6.56. The predicted octanol–water partition coefficient (Wildman–Crippen LogP) is 5.50. The highest BCUT2D eigenvalue weighted by atomic mass is 31.2. The van der Waals surface area contributed by atoms with Crippen LogP contribution in [0.15, 0.2) is 84.9 Å². The molecule has 3 aromatic rings. The number of rotatable bonds is 8. The largest absolute Gasteiger partial charge is 0.378 e. The van der Waals surface area contributed by atoms with Crippen molar-refractivity contribution in [1.29, 1.82) is 0 Å². The molecule has 1 N–H and O–H groups in total.